The fourth-order valence-electron chi connectivity index (χ4n) is 2.20. The summed E-state index contributed by atoms with van der Waals surface area (Å²) in [6, 6.07) is 11.3. The maximum absolute atomic E-state index is 13.3. The van der Waals surface area contributed by atoms with E-state index < -0.39 is 16.6 Å². The molecule has 1 unspecified atom stereocenters. The van der Waals surface area contributed by atoms with E-state index in [0.717, 1.165) is 5.56 Å². The highest BCUT2D eigenvalue weighted by Crippen LogP contribution is 2.23. The van der Waals surface area contributed by atoms with Gasteiger partial charge in [0.2, 0.25) is 0 Å². The summed E-state index contributed by atoms with van der Waals surface area (Å²) in [5.41, 5.74) is 1.71. The van der Waals surface area contributed by atoms with Gasteiger partial charge < -0.3 is 9.47 Å². The molecular formula is C17H16FNO3S. The summed E-state index contributed by atoms with van der Waals surface area (Å²) in [7, 11) is 1.72. The summed E-state index contributed by atoms with van der Waals surface area (Å²) in [6.07, 6.45) is 0. The largest absolute Gasteiger partial charge is 0.496 e. The number of rotatable bonds is 6. The molecule has 0 radical (unpaired) electrons. The summed E-state index contributed by atoms with van der Waals surface area (Å²) >= 11 is 0. The molecule has 120 valence electrons. The van der Waals surface area contributed by atoms with E-state index >= 15 is 0 Å². The van der Waals surface area contributed by atoms with Gasteiger partial charge in [-0.15, -0.1) is 0 Å². The number of ether oxygens (including phenoxy) is 2. The Morgan fingerprint density at radius 1 is 1.09 bits per heavy atom. The SMILES string of the molecule is COc1ccc(CS(=O)Cc2cc(F)ccc2OC)cc1C#N. The van der Waals surface area contributed by atoms with Crippen molar-refractivity contribution < 1.29 is 18.1 Å². The van der Waals surface area contributed by atoms with Crippen LogP contribution in [0.5, 0.6) is 11.5 Å². The molecule has 0 amide bonds. The highest BCUT2D eigenvalue weighted by Gasteiger charge is 2.11. The van der Waals surface area contributed by atoms with Crippen molar-refractivity contribution in [1.82, 2.24) is 0 Å². The first-order valence-electron chi connectivity index (χ1n) is 6.81. The third kappa shape index (κ3) is 4.30. The Hall–Kier alpha value is -2.39. The second-order valence-electron chi connectivity index (χ2n) is 4.83. The van der Waals surface area contributed by atoms with Gasteiger partial charge in [-0.05, 0) is 35.9 Å². The number of methoxy groups -OCH3 is 2. The molecule has 0 N–H and O–H groups in total. The van der Waals surface area contributed by atoms with Crippen molar-refractivity contribution in [2.24, 2.45) is 0 Å². The highest BCUT2D eigenvalue weighted by atomic mass is 32.2. The van der Waals surface area contributed by atoms with Gasteiger partial charge in [0.1, 0.15) is 23.4 Å². The summed E-state index contributed by atoms with van der Waals surface area (Å²) in [4.78, 5) is 0. The molecule has 0 aliphatic rings. The molecule has 4 nitrogen and oxygen atoms in total. The molecular weight excluding hydrogens is 317 g/mol. The number of hydrogen-bond acceptors (Lipinski definition) is 4. The van der Waals surface area contributed by atoms with E-state index in [9.17, 15) is 8.60 Å². The number of nitriles is 1. The van der Waals surface area contributed by atoms with Crippen molar-refractivity contribution in [3.63, 3.8) is 0 Å². The molecule has 0 saturated heterocycles. The van der Waals surface area contributed by atoms with Crippen LogP contribution in [0, 0.1) is 17.1 Å². The van der Waals surface area contributed by atoms with E-state index in [1.165, 1.54) is 32.4 Å². The zero-order valence-corrected chi connectivity index (χ0v) is 13.7. The van der Waals surface area contributed by atoms with Crippen molar-refractivity contribution in [2.75, 3.05) is 14.2 Å². The van der Waals surface area contributed by atoms with Crippen LogP contribution in [0.25, 0.3) is 0 Å². The Morgan fingerprint density at radius 2 is 1.78 bits per heavy atom. The molecule has 6 heteroatoms. The van der Waals surface area contributed by atoms with Gasteiger partial charge >= 0.3 is 0 Å². The molecule has 0 fully saturated rings. The zero-order valence-electron chi connectivity index (χ0n) is 12.8. The van der Waals surface area contributed by atoms with Crippen LogP contribution in [0.2, 0.25) is 0 Å². The molecule has 0 aliphatic heterocycles. The second-order valence-corrected chi connectivity index (χ2v) is 6.29. The summed E-state index contributed by atoms with van der Waals surface area (Å²) < 4.78 is 35.9. The third-order valence-electron chi connectivity index (χ3n) is 3.27. The average molecular weight is 333 g/mol. The van der Waals surface area contributed by atoms with Crippen LogP contribution in [0.15, 0.2) is 36.4 Å². The minimum Gasteiger partial charge on any atom is -0.496 e. The smallest absolute Gasteiger partial charge is 0.136 e. The van der Waals surface area contributed by atoms with E-state index in [-0.39, 0.29) is 11.5 Å². The molecule has 0 heterocycles. The van der Waals surface area contributed by atoms with Crippen molar-refractivity contribution in [2.45, 2.75) is 11.5 Å². The van der Waals surface area contributed by atoms with Crippen molar-refractivity contribution in [3.8, 4) is 17.6 Å². The molecule has 2 aromatic carbocycles. The maximum atomic E-state index is 13.3. The fraction of sp³-hybridized carbons (Fsp3) is 0.235. The van der Waals surface area contributed by atoms with Crippen LogP contribution in [0.4, 0.5) is 4.39 Å². The lowest BCUT2D eigenvalue weighted by atomic mass is 10.1. The Morgan fingerprint density at radius 3 is 2.43 bits per heavy atom. The van der Waals surface area contributed by atoms with Gasteiger partial charge in [-0.3, -0.25) is 4.21 Å². The average Bonchev–Trinajstić information content (AvgIpc) is 2.54. The lowest BCUT2D eigenvalue weighted by Gasteiger charge is -2.09. The van der Waals surface area contributed by atoms with Crippen LogP contribution < -0.4 is 9.47 Å². The Kier molecular flexibility index (Phi) is 5.72. The standard InChI is InChI=1S/C17H16FNO3S/c1-21-16-5-3-12(7-13(16)9-19)10-23(20)11-14-8-15(18)4-6-17(14)22-2/h3-8H,10-11H2,1-2H3. The molecule has 0 aliphatic carbocycles. The topological polar surface area (TPSA) is 59.3 Å². The van der Waals surface area contributed by atoms with Gasteiger partial charge in [0.15, 0.2) is 0 Å². The van der Waals surface area contributed by atoms with Gasteiger partial charge in [0, 0.05) is 22.1 Å². The van der Waals surface area contributed by atoms with E-state index in [1.54, 1.807) is 18.2 Å². The minimum absolute atomic E-state index is 0.175. The van der Waals surface area contributed by atoms with E-state index in [4.69, 9.17) is 14.7 Å². The van der Waals surface area contributed by atoms with Crippen LogP contribution in [-0.4, -0.2) is 18.4 Å². The third-order valence-corrected chi connectivity index (χ3v) is 4.56. The Bertz CT molecular complexity index is 771. The molecule has 0 bridgehead atoms. The molecule has 1 atom stereocenters. The van der Waals surface area contributed by atoms with E-state index in [2.05, 4.69) is 0 Å². The molecule has 2 aromatic rings. The number of benzene rings is 2. The monoisotopic (exact) mass is 333 g/mol. The molecule has 23 heavy (non-hydrogen) atoms. The molecule has 0 spiro atoms. The lowest BCUT2D eigenvalue weighted by Crippen LogP contribution is -2.02. The van der Waals surface area contributed by atoms with Crippen LogP contribution in [0.3, 0.4) is 0 Å². The van der Waals surface area contributed by atoms with Crippen LogP contribution >= 0.6 is 0 Å². The normalized spacial score (nSPS) is 11.6. The van der Waals surface area contributed by atoms with E-state index in [0.29, 0.717) is 22.6 Å². The predicted molar refractivity (Wildman–Crippen MR) is 86.2 cm³/mol. The first-order chi connectivity index (χ1) is 11.1. The van der Waals surface area contributed by atoms with Crippen molar-refractivity contribution >= 4 is 10.8 Å². The Balaban J connectivity index is 2.14. The van der Waals surface area contributed by atoms with Gasteiger partial charge in [0.25, 0.3) is 0 Å². The van der Waals surface area contributed by atoms with E-state index in [1.807, 2.05) is 6.07 Å². The van der Waals surface area contributed by atoms with Gasteiger partial charge in [-0.2, -0.15) is 5.26 Å². The first-order valence-corrected chi connectivity index (χ1v) is 8.30. The van der Waals surface area contributed by atoms with Gasteiger partial charge in [0.05, 0.1) is 25.5 Å². The summed E-state index contributed by atoms with van der Waals surface area (Å²) in [5, 5.41) is 9.08. The van der Waals surface area contributed by atoms with Crippen molar-refractivity contribution in [1.29, 1.82) is 5.26 Å². The van der Waals surface area contributed by atoms with Crippen LogP contribution in [0.1, 0.15) is 16.7 Å². The summed E-state index contributed by atoms with van der Waals surface area (Å²) in [6.45, 7) is 0. The fourth-order valence-corrected chi connectivity index (χ4v) is 3.43. The van der Waals surface area contributed by atoms with Gasteiger partial charge in [-0.25, -0.2) is 4.39 Å². The number of halogens is 1. The highest BCUT2D eigenvalue weighted by molar-refractivity contribution is 7.83. The summed E-state index contributed by atoms with van der Waals surface area (Å²) in [5.74, 6) is 1.03. The molecule has 0 aromatic heterocycles. The number of nitrogens with zero attached hydrogens (tertiary/aromatic N) is 1. The van der Waals surface area contributed by atoms with Crippen LogP contribution in [-0.2, 0) is 22.3 Å². The van der Waals surface area contributed by atoms with Gasteiger partial charge in [-0.1, -0.05) is 6.07 Å². The molecule has 2 rings (SSSR count). The second kappa shape index (κ2) is 7.75. The molecule has 0 saturated carbocycles. The van der Waals surface area contributed by atoms with Crippen molar-refractivity contribution in [3.05, 3.63) is 58.9 Å². The first kappa shape index (κ1) is 17.0. The predicted octanol–water partition coefficient (Wildman–Crippen LogP) is 3.16. The zero-order chi connectivity index (χ0) is 16.8. The number of hydrogen-bond donors (Lipinski definition) is 0. The Labute approximate surface area is 136 Å². The quantitative estimate of drug-likeness (QED) is 0.815. The minimum atomic E-state index is -1.26. The lowest BCUT2D eigenvalue weighted by molar-refractivity contribution is 0.410. The maximum Gasteiger partial charge on any atom is 0.136 e.